The number of amides is 3. The van der Waals surface area contributed by atoms with Crippen molar-refractivity contribution >= 4 is 57.7 Å². The monoisotopic (exact) mass is 740 g/mol. The number of anilines is 2. The number of aromatic nitrogens is 1. The predicted octanol–water partition coefficient (Wildman–Crippen LogP) is 9.02. The van der Waals surface area contributed by atoms with Crippen molar-refractivity contribution in [2.75, 3.05) is 24.9 Å². The van der Waals surface area contributed by atoms with Gasteiger partial charge >= 0.3 is 0 Å². The predicted molar refractivity (Wildman–Crippen MR) is 212 cm³/mol. The Morgan fingerprint density at radius 2 is 1.51 bits per heavy atom. The van der Waals surface area contributed by atoms with Gasteiger partial charge in [-0.3, -0.25) is 14.4 Å². The molecule has 6 rings (SSSR count). The van der Waals surface area contributed by atoms with Crippen molar-refractivity contribution in [3.63, 3.8) is 0 Å². The lowest BCUT2D eigenvalue weighted by atomic mass is 10.1. The van der Waals surface area contributed by atoms with Crippen LogP contribution in [0.1, 0.15) is 32.3 Å². The maximum atomic E-state index is 13.9. The van der Waals surface area contributed by atoms with Gasteiger partial charge in [-0.15, -0.1) is 23.1 Å². The van der Waals surface area contributed by atoms with Crippen LogP contribution in [0, 0.1) is 6.92 Å². The molecule has 0 saturated carbocycles. The van der Waals surface area contributed by atoms with E-state index in [1.54, 1.807) is 62.8 Å². The number of nitrogens with one attached hydrogen (secondary N) is 3. The highest BCUT2D eigenvalue weighted by Crippen LogP contribution is 2.38. The van der Waals surface area contributed by atoms with E-state index in [9.17, 15) is 14.4 Å². The highest BCUT2D eigenvalue weighted by molar-refractivity contribution is 8.00. The quantitative estimate of drug-likeness (QED) is 0.0799. The van der Waals surface area contributed by atoms with Gasteiger partial charge in [0.25, 0.3) is 11.8 Å². The zero-order chi connectivity index (χ0) is 37.2. The second-order valence-corrected chi connectivity index (χ2v) is 13.8. The van der Waals surface area contributed by atoms with Gasteiger partial charge in [0.15, 0.2) is 16.6 Å². The lowest BCUT2D eigenvalue weighted by Crippen LogP contribution is -2.30. The molecule has 0 saturated heterocycles. The summed E-state index contributed by atoms with van der Waals surface area (Å²) in [6, 6.07) is 38.6. The van der Waals surface area contributed by atoms with Crippen LogP contribution in [0.15, 0.2) is 143 Å². The van der Waals surface area contributed by atoms with Crippen LogP contribution in [0.2, 0.25) is 0 Å². The van der Waals surface area contributed by atoms with Gasteiger partial charge in [0, 0.05) is 27.1 Å². The molecule has 1 atom stereocenters. The van der Waals surface area contributed by atoms with E-state index in [1.807, 2.05) is 97.2 Å². The molecule has 3 amide bonds. The maximum absolute atomic E-state index is 13.9. The Labute approximate surface area is 316 Å². The first-order valence-electron chi connectivity index (χ1n) is 16.6. The number of thioether (sulfide) groups is 1. The van der Waals surface area contributed by atoms with Crippen molar-refractivity contribution in [2.24, 2.45) is 0 Å². The molecule has 0 aliphatic rings. The van der Waals surface area contributed by atoms with Gasteiger partial charge in [-0.25, -0.2) is 4.98 Å². The number of rotatable bonds is 13. The normalized spacial score (nSPS) is 11.6. The van der Waals surface area contributed by atoms with Crippen LogP contribution in [-0.4, -0.2) is 36.9 Å². The van der Waals surface area contributed by atoms with Crippen molar-refractivity contribution in [3.8, 4) is 22.8 Å². The largest absolute Gasteiger partial charge is 0.493 e. The molecule has 0 fully saturated rings. The lowest BCUT2D eigenvalue weighted by Gasteiger charge is -2.17. The molecule has 1 aromatic heterocycles. The first kappa shape index (κ1) is 36.6. The van der Waals surface area contributed by atoms with Crippen LogP contribution in [0.5, 0.6) is 11.5 Å². The van der Waals surface area contributed by atoms with Crippen LogP contribution >= 0.6 is 23.1 Å². The molecule has 0 aliphatic carbocycles. The third kappa shape index (κ3) is 9.59. The molecule has 1 heterocycles. The highest BCUT2D eigenvalue weighted by Gasteiger charge is 2.24. The average Bonchev–Trinajstić information content (AvgIpc) is 3.65. The minimum atomic E-state index is -0.641. The molecule has 6 aromatic rings. The summed E-state index contributed by atoms with van der Waals surface area (Å²) < 4.78 is 10.8. The standard InChI is InChI=1S/C42H36N4O5S2/c1-27-12-10-13-28(22-27)23-34(44-39(47)30-16-8-5-9-17-30)40(48)43-32-18-11-19-33(25-32)53-38(29-14-6-4-7-15-29)41(49)46-42-45-35(26-52-42)31-20-21-36(50-2)37(24-31)51-3/h4-26,38H,1-3H3,(H,43,48)(H,44,47)(H,45,46,49)/b34-23+. The minimum Gasteiger partial charge on any atom is -0.493 e. The Morgan fingerprint density at radius 1 is 0.774 bits per heavy atom. The van der Waals surface area contributed by atoms with Crippen LogP contribution in [0.4, 0.5) is 10.8 Å². The molecule has 0 spiro atoms. The molecule has 0 radical (unpaired) electrons. The molecular formula is C42H36N4O5S2. The van der Waals surface area contributed by atoms with Crippen LogP contribution < -0.4 is 25.4 Å². The van der Waals surface area contributed by atoms with Crippen molar-refractivity contribution in [2.45, 2.75) is 17.1 Å². The van der Waals surface area contributed by atoms with Crippen LogP contribution in [-0.2, 0) is 9.59 Å². The van der Waals surface area contributed by atoms with Crippen molar-refractivity contribution in [1.82, 2.24) is 10.3 Å². The van der Waals surface area contributed by atoms with E-state index in [2.05, 4.69) is 20.9 Å². The van der Waals surface area contributed by atoms with Gasteiger partial charge in [-0.1, -0.05) is 84.4 Å². The number of benzene rings is 5. The molecule has 9 nitrogen and oxygen atoms in total. The third-order valence-corrected chi connectivity index (χ3v) is 9.99. The van der Waals surface area contributed by atoms with E-state index >= 15 is 0 Å². The van der Waals surface area contributed by atoms with Gasteiger partial charge in [-0.05, 0) is 72.7 Å². The molecule has 0 bridgehead atoms. The molecule has 266 valence electrons. The summed E-state index contributed by atoms with van der Waals surface area (Å²) >= 11 is 2.67. The number of hydrogen-bond donors (Lipinski definition) is 3. The van der Waals surface area contributed by atoms with Gasteiger partial charge < -0.3 is 25.4 Å². The molecule has 3 N–H and O–H groups in total. The van der Waals surface area contributed by atoms with Crippen molar-refractivity contribution in [3.05, 3.63) is 161 Å². The van der Waals surface area contributed by atoms with E-state index in [1.165, 1.54) is 23.1 Å². The van der Waals surface area contributed by atoms with E-state index in [0.29, 0.717) is 33.6 Å². The zero-order valence-electron chi connectivity index (χ0n) is 29.2. The fraction of sp³-hybridized carbons (Fsp3) is 0.0952. The number of aryl methyl sites for hydroxylation is 1. The molecule has 53 heavy (non-hydrogen) atoms. The third-order valence-electron chi connectivity index (χ3n) is 7.98. The second kappa shape index (κ2) is 17.4. The average molecular weight is 741 g/mol. The molecule has 11 heteroatoms. The van der Waals surface area contributed by atoms with E-state index in [-0.39, 0.29) is 11.6 Å². The number of methoxy groups -OCH3 is 2. The second-order valence-electron chi connectivity index (χ2n) is 11.8. The first-order valence-corrected chi connectivity index (χ1v) is 18.3. The smallest absolute Gasteiger partial charge is 0.272 e. The number of carbonyl (C=O) groups excluding carboxylic acids is 3. The zero-order valence-corrected chi connectivity index (χ0v) is 30.8. The molecular weight excluding hydrogens is 705 g/mol. The Kier molecular flexibility index (Phi) is 12.0. The lowest BCUT2D eigenvalue weighted by molar-refractivity contribution is -0.116. The van der Waals surface area contributed by atoms with Crippen LogP contribution in [0.25, 0.3) is 17.3 Å². The summed E-state index contributed by atoms with van der Waals surface area (Å²) in [4.78, 5) is 46.1. The van der Waals surface area contributed by atoms with Gasteiger partial charge in [-0.2, -0.15) is 0 Å². The Bertz CT molecular complexity index is 2260. The molecule has 0 aliphatic heterocycles. The SMILES string of the molecule is COc1ccc(-c2csc(NC(=O)C(Sc3cccc(NC(=O)/C(=C\c4cccc(C)c4)NC(=O)c4ccccc4)c3)c3ccccc3)n2)cc1OC. The van der Waals surface area contributed by atoms with Gasteiger partial charge in [0.1, 0.15) is 10.9 Å². The van der Waals surface area contributed by atoms with E-state index < -0.39 is 17.1 Å². The summed E-state index contributed by atoms with van der Waals surface area (Å²) in [5, 5.41) is 10.4. The maximum Gasteiger partial charge on any atom is 0.272 e. The number of nitrogens with zero attached hydrogens (tertiary/aromatic N) is 1. The van der Waals surface area contributed by atoms with E-state index in [4.69, 9.17) is 9.47 Å². The summed E-state index contributed by atoms with van der Waals surface area (Å²) in [6.07, 6.45) is 1.65. The summed E-state index contributed by atoms with van der Waals surface area (Å²) in [7, 11) is 3.16. The summed E-state index contributed by atoms with van der Waals surface area (Å²) in [6.45, 7) is 1.96. The Morgan fingerprint density at radius 3 is 2.25 bits per heavy atom. The Hall–Kier alpha value is -6.17. The first-order chi connectivity index (χ1) is 25.8. The minimum absolute atomic E-state index is 0.0833. The Balaban J connectivity index is 1.21. The highest BCUT2D eigenvalue weighted by atomic mass is 32.2. The molecule has 5 aromatic carbocycles. The van der Waals surface area contributed by atoms with E-state index in [0.717, 1.165) is 27.1 Å². The summed E-state index contributed by atoms with van der Waals surface area (Å²) in [5.41, 5.74) is 5.10. The molecule has 1 unspecified atom stereocenters. The number of carbonyl (C=O) groups is 3. The number of thiazole rings is 1. The fourth-order valence-electron chi connectivity index (χ4n) is 5.38. The van der Waals surface area contributed by atoms with Crippen molar-refractivity contribution < 1.29 is 23.9 Å². The topological polar surface area (TPSA) is 119 Å². The van der Waals surface area contributed by atoms with Gasteiger partial charge in [0.05, 0.1) is 19.9 Å². The number of hydrogen-bond acceptors (Lipinski definition) is 8. The fourth-order valence-corrected chi connectivity index (χ4v) is 7.19. The summed E-state index contributed by atoms with van der Waals surface area (Å²) in [5.74, 6) is 0.0373. The number of ether oxygens (including phenoxy) is 2. The van der Waals surface area contributed by atoms with Crippen LogP contribution in [0.3, 0.4) is 0 Å². The van der Waals surface area contributed by atoms with Crippen molar-refractivity contribution in [1.29, 1.82) is 0 Å². The van der Waals surface area contributed by atoms with Gasteiger partial charge in [0.2, 0.25) is 5.91 Å².